The highest BCUT2D eigenvalue weighted by Crippen LogP contribution is 2.32. The maximum atomic E-state index is 13.6. The van der Waals surface area contributed by atoms with E-state index in [4.69, 9.17) is 10.7 Å². The standard InChI is InChI=1S/C22H21FN4O2/c1-13-11-15(23)4-6-17(13)20-19(7-9-24)27-10-8-14-3-5-16(25-22(28)29-2)12-18(14)21(27)26-20/h3-6,8,10-12H,7,9,24H2,1-2H3,(H,25,28). The Labute approximate surface area is 167 Å². The Bertz CT molecular complexity index is 1230. The minimum atomic E-state index is -0.536. The van der Waals surface area contributed by atoms with E-state index in [9.17, 15) is 9.18 Å². The number of carbonyl (C=O) groups excluding carboxylic acids is 1. The van der Waals surface area contributed by atoms with E-state index in [1.807, 2.05) is 41.8 Å². The first kappa shape index (κ1) is 18.9. The highest BCUT2D eigenvalue weighted by molar-refractivity contribution is 5.99. The molecule has 29 heavy (non-hydrogen) atoms. The summed E-state index contributed by atoms with van der Waals surface area (Å²) in [4.78, 5) is 16.5. The molecule has 4 rings (SSSR count). The van der Waals surface area contributed by atoms with Crippen molar-refractivity contribution in [2.45, 2.75) is 13.3 Å². The van der Waals surface area contributed by atoms with Gasteiger partial charge in [0.1, 0.15) is 11.5 Å². The van der Waals surface area contributed by atoms with Crippen molar-refractivity contribution in [2.24, 2.45) is 5.73 Å². The van der Waals surface area contributed by atoms with Crippen LogP contribution in [0.5, 0.6) is 0 Å². The van der Waals surface area contributed by atoms with Gasteiger partial charge in [-0.3, -0.25) is 5.32 Å². The van der Waals surface area contributed by atoms with E-state index < -0.39 is 6.09 Å². The van der Waals surface area contributed by atoms with Gasteiger partial charge in [0.2, 0.25) is 0 Å². The number of carbonyl (C=O) groups is 1. The summed E-state index contributed by atoms with van der Waals surface area (Å²) in [6.07, 6.45) is 2.05. The number of hydrogen-bond acceptors (Lipinski definition) is 4. The first-order valence-electron chi connectivity index (χ1n) is 9.27. The minimum absolute atomic E-state index is 0.278. The molecule has 1 amide bonds. The maximum Gasteiger partial charge on any atom is 0.411 e. The molecular formula is C22H21FN4O2. The van der Waals surface area contributed by atoms with Crippen molar-refractivity contribution in [2.75, 3.05) is 19.0 Å². The van der Waals surface area contributed by atoms with Gasteiger partial charge in [-0.15, -0.1) is 0 Å². The fraction of sp³-hybridized carbons (Fsp3) is 0.182. The van der Waals surface area contributed by atoms with Crippen LogP contribution in [0.1, 0.15) is 11.3 Å². The second-order valence-electron chi connectivity index (χ2n) is 6.83. The molecule has 6 nitrogen and oxygen atoms in total. The van der Waals surface area contributed by atoms with E-state index in [0.717, 1.165) is 38.9 Å². The first-order chi connectivity index (χ1) is 14.0. The summed E-state index contributed by atoms with van der Waals surface area (Å²) in [5.41, 5.74) is 10.7. The van der Waals surface area contributed by atoms with Crippen molar-refractivity contribution in [3.63, 3.8) is 0 Å². The zero-order chi connectivity index (χ0) is 20.5. The van der Waals surface area contributed by atoms with Crippen molar-refractivity contribution in [1.29, 1.82) is 0 Å². The average molecular weight is 392 g/mol. The number of imidazole rings is 1. The lowest BCUT2D eigenvalue weighted by molar-refractivity contribution is 0.187. The van der Waals surface area contributed by atoms with Crippen LogP contribution in [0.15, 0.2) is 48.7 Å². The van der Waals surface area contributed by atoms with E-state index in [1.54, 1.807) is 6.07 Å². The molecule has 0 aliphatic heterocycles. The van der Waals surface area contributed by atoms with Gasteiger partial charge in [-0.05, 0) is 60.8 Å². The number of nitrogens with zero attached hydrogens (tertiary/aromatic N) is 2. The summed E-state index contributed by atoms with van der Waals surface area (Å²) in [5.74, 6) is -0.278. The summed E-state index contributed by atoms with van der Waals surface area (Å²) >= 11 is 0. The van der Waals surface area contributed by atoms with Crippen molar-refractivity contribution in [1.82, 2.24) is 9.38 Å². The first-order valence-corrected chi connectivity index (χ1v) is 9.27. The lowest BCUT2D eigenvalue weighted by Gasteiger charge is -2.08. The summed E-state index contributed by atoms with van der Waals surface area (Å²) in [6, 6.07) is 12.3. The maximum absolute atomic E-state index is 13.6. The zero-order valence-corrected chi connectivity index (χ0v) is 16.2. The number of halogens is 1. The molecule has 0 bridgehead atoms. The Morgan fingerprint density at radius 1 is 1.24 bits per heavy atom. The van der Waals surface area contributed by atoms with Crippen LogP contribution in [0.3, 0.4) is 0 Å². The van der Waals surface area contributed by atoms with Crippen LogP contribution < -0.4 is 11.1 Å². The largest absolute Gasteiger partial charge is 0.453 e. The van der Waals surface area contributed by atoms with Gasteiger partial charge in [0.15, 0.2) is 0 Å². The van der Waals surface area contributed by atoms with E-state index in [2.05, 4.69) is 10.1 Å². The molecule has 4 aromatic rings. The van der Waals surface area contributed by atoms with Crippen molar-refractivity contribution in [3.05, 3.63) is 65.7 Å². The fourth-order valence-electron chi connectivity index (χ4n) is 3.60. The Kier molecular flexibility index (Phi) is 4.90. The Balaban J connectivity index is 1.97. The highest BCUT2D eigenvalue weighted by Gasteiger charge is 2.17. The molecule has 0 fully saturated rings. The number of nitrogens with one attached hydrogen (secondary N) is 1. The number of ether oxygens (including phenoxy) is 1. The second-order valence-corrected chi connectivity index (χ2v) is 6.83. The lowest BCUT2D eigenvalue weighted by Crippen LogP contribution is -2.10. The zero-order valence-electron chi connectivity index (χ0n) is 16.2. The quantitative estimate of drug-likeness (QED) is 0.543. The normalized spacial score (nSPS) is 11.2. The molecule has 0 unspecified atom stereocenters. The number of anilines is 1. The van der Waals surface area contributed by atoms with Gasteiger partial charge in [0.05, 0.1) is 18.5 Å². The Morgan fingerprint density at radius 2 is 2.07 bits per heavy atom. The lowest BCUT2D eigenvalue weighted by atomic mass is 10.0. The molecule has 0 aliphatic rings. The molecule has 0 spiro atoms. The molecule has 0 saturated carbocycles. The third-order valence-electron chi connectivity index (χ3n) is 4.96. The number of methoxy groups -OCH3 is 1. The highest BCUT2D eigenvalue weighted by atomic mass is 19.1. The predicted molar refractivity (Wildman–Crippen MR) is 112 cm³/mol. The van der Waals surface area contributed by atoms with Crippen molar-refractivity contribution >= 4 is 28.2 Å². The monoisotopic (exact) mass is 392 g/mol. The Morgan fingerprint density at radius 3 is 2.79 bits per heavy atom. The van der Waals surface area contributed by atoms with Gasteiger partial charge in [-0.2, -0.15) is 0 Å². The second kappa shape index (κ2) is 7.52. The topological polar surface area (TPSA) is 81.6 Å². The van der Waals surface area contributed by atoms with Crippen LogP contribution in [0.2, 0.25) is 0 Å². The fourth-order valence-corrected chi connectivity index (χ4v) is 3.60. The van der Waals surface area contributed by atoms with Crippen LogP contribution in [-0.2, 0) is 11.2 Å². The number of nitrogens with two attached hydrogens (primary N) is 1. The van der Waals surface area contributed by atoms with Crippen molar-refractivity contribution < 1.29 is 13.9 Å². The number of aryl methyl sites for hydroxylation is 1. The van der Waals surface area contributed by atoms with Gasteiger partial charge in [-0.1, -0.05) is 6.07 Å². The van der Waals surface area contributed by atoms with E-state index in [1.165, 1.54) is 19.2 Å². The predicted octanol–water partition coefficient (Wildman–Crippen LogP) is 4.28. The molecule has 0 saturated heterocycles. The molecule has 148 valence electrons. The summed E-state index contributed by atoms with van der Waals surface area (Å²) < 4.78 is 20.3. The number of rotatable bonds is 4. The number of aromatic nitrogens is 2. The number of benzene rings is 2. The van der Waals surface area contributed by atoms with E-state index in [-0.39, 0.29) is 5.82 Å². The molecule has 2 aromatic carbocycles. The van der Waals surface area contributed by atoms with Gasteiger partial charge in [0.25, 0.3) is 0 Å². The summed E-state index contributed by atoms with van der Waals surface area (Å²) in [5, 5.41) is 4.55. The molecule has 0 aliphatic carbocycles. The van der Waals surface area contributed by atoms with E-state index in [0.29, 0.717) is 18.7 Å². The van der Waals surface area contributed by atoms with Gasteiger partial charge in [-0.25, -0.2) is 14.2 Å². The van der Waals surface area contributed by atoms with Gasteiger partial charge < -0.3 is 14.9 Å². The average Bonchev–Trinajstić information content (AvgIpc) is 3.07. The number of amides is 1. The molecule has 2 aromatic heterocycles. The van der Waals surface area contributed by atoms with Crippen LogP contribution in [-0.4, -0.2) is 29.1 Å². The molecule has 7 heteroatoms. The summed E-state index contributed by atoms with van der Waals surface area (Å²) in [6.45, 7) is 2.33. The number of hydrogen-bond donors (Lipinski definition) is 2. The third-order valence-corrected chi connectivity index (χ3v) is 4.96. The number of fused-ring (bicyclic) bond motifs is 3. The number of pyridine rings is 1. The molecule has 2 heterocycles. The molecule has 0 radical (unpaired) electrons. The minimum Gasteiger partial charge on any atom is -0.453 e. The summed E-state index contributed by atoms with van der Waals surface area (Å²) in [7, 11) is 1.32. The Hall–Kier alpha value is -3.45. The van der Waals surface area contributed by atoms with Gasteiger partial charge >= 0.3 is 6.09 Å². The van der Waals surface area contributed by atoms with Crippen LogP contribution in [0.25, 0.3) is 27.7 Å². The molecule has 0 atom stereocenters. The molecular weight excluding hydrogens is 371 g/mol. The van der Waals surface area contributed by atoms with Crippen molar-refractivity contribution in [3.8, 4) is 11.3 Å². The smallest absolute Gasteiger partial charge is 0.411 e. The van der Waals surface area contributed by atoms with Crippen LogP contribution in [0, 0.1) is 12.7 Å². The third kappa shape index (κ3) is 3.40. The molecule has 3 N–H and O–H groups in total. The SMILES string of the molecule is COC(=O)Nc1ccc2ccn3c(CCN)c(-c4ccc(F)cc4C)nc3c2c1. The van der Waals surface area contributed by atoms with Crippen LogP contribution >= 0.6 is 0 Å². The van der Waals surface area contributed by atoms with Gasteiger partial charge in [0, 0.05) is 29.3 Å². The van der Waals surface area contributed by atoms with E-state index >= 15 is 0 Å². The van der Waals surface area contributed by atoms with Crippen LogP contribution in [0.4, 0.5) is 14.9 Å².